The average Bonchev–Trinajstić information content (AvgIpc) is 1.85. The molecule has 3 heteroatoms. The van der Waals surface area contributed by atoms with Crippen molar-refractivity contribution in [1.29, 1.82) is 5.41 Å². The van der Waals surface area contributed by atoms with E-state index in [4.69, 9.17) is 11.1 Å². The van der Waals surface area contributed by atoms with Crippen LogP contribution in [-0.2, 0) is 0 Å². The summed E-state index contributed by atoms with van der Waals surface area (Å²) in [6, 6.07) is 1.85. The molecule has 1 rings (SSSR count). The quantitative estimate of drug-likeness (QED) is 0.592. The van der Waals surface area contributed by atoms with E-state index in [0.29, 0.717) is 11.5 Å². The van der Waals surface area contributed by atoms with Crippen molar-refractivity contribution in [3.05, 3.63) is 23.4 Å². The fraction of sp³-hybridized carbons (Fsp3) is 0.250. The zero-order valence-electron chi connectivity index (χ0n) is 6.68. The Hall–Kier alpha value is -1.38. The molecule has 3 N–H and O–H groups in total. The maximum Gasteiger partial charge on any atom is 0.132 e. The largest absolute Gasteiger partial charge is 0.383 e. The second-order valence-electron chi connectivity index (χ2n) is 2.51. The van der Waals surface area contributed by atoms with Gasteiger partial charge in [0.1, 0.15) is 5.82 Å². The fourth-order valence-corrected chi connectivity index (χ4v) is 1.07. The second kappa shape index (κ2) is 2.70. The topological polar surface area (TPSA) is 62.8 Å². The lowest BCUT2D eigenvalue weighted by Crippen LogP contribution is -2.04. The third-order valence-electron chi connectivity index (χ3n) is 1.56. The highest BCUT2D eigenvalue weighted by atomic mass is 14.8. The first-order valence-corrected chi connectivity index (χ1v) is 3.39. The van der Waals surface area contributed by atoms with Crippen LogP contribution in [-0.4, -0.2) is 10.7 Å². The van der Waals surface area contributed by atoms with Crippen LogP contribution in [0.5, 0.6) is 0 Å². The van der Waals surface area contributed by atoms with Crippen LogP contribution in [0.4, 0.5) is 5.82 Å². The molecular formula is C8H11N3. The first-order chi connectivity index (χ1) is 5.13. The van der Waals surface area contributed by atoms with Gasteiger partial charge in [0, 0.05) is 17.5 Å². The van der Waals surface area contributed by atoms with Crippen LogP contribution < -0.4 is 5.73 Å². The van der Waals surface area contributed by atoms with Crippen molar-refractivity contribution in [2.24, 2.45) is 0 Å². The van der Waals surface area contributed by atoms with Gasteiger partial charge >= 0.3 is 0 Å². The van der Waals surface area contributed by atoms with Crippen LogP contribution >= 0.6 is 0 Å². The van der Waals surface area contributed by atoms with E-state index in [9.17, 15) is 0 Å². The molecule has 0 amide bonds. The Labute approximate surface area is 65.8 Å². The SMILES string of the molecule is CC(=N)c1c(C)ccnc1N. The Kier molecular flexibility index (Phi) is 1.89. The van der Waals surface area contributed by atoms with E-state index in [1.807, 2.05) is 13.0 Å². The highest BCUT2D eigenvalue weighted by molar-refractivity contribution is 6.01. The highest BCUT2D eigenvalue weighted by Crippen LogP contribution is 2.12. The predicted molar refractivity (Wildman–Crippen MR) is 45.9 cm³/mol. The number of anilines is 1. The predicted octanol–water partition coefficient (Wildman–Crippen LogP) is 1.36. The summed E-state index contributed by atoms with van der Waals surface area (Å²) in [6.07, 6.45) is 1.65. The molecule has 0 aliphatic rings. The summed E-state index contributed by atoms with van der Waals surface area (Å²) in [7, 11) is 0. The molecule has 0 unspecified atom stereocenters. The molecule has 1 heterocycles. The minimum Gasteiger partial charge on any atom is -0.383 e. The summed E-state index contributed by atoms with van der Waals surface area (Å²) in [6.45, 7) is 3.63. The first kappa shape index (κ1) is 7.72. The Morgan fingerprint density at radius 2 is 2.27 bits per heavy atom. The molecular weight excluding hydrogens is 138 g/mol. The standard InChI is InChI=1S/C8H11N3/c1-5-3-4-11-8(10)7(5)6(2)9/h3-4,9H,1-2H3,(H2,10,11). The minimum absolute atomic E-state index is 0.442. The number of hydrogen-bond acceptors (Lipinski definition) is 3. The van der Waals surface area contributed by atoms with Crippen molar-refractivity contribution in [1.82, 2.24) is 4.98 Å². The monoisotopic (exact) mass is 149 g/mol. The lowest BCUT2D eigenvalue weighted by atomic mass is 10.1. The maximum atomic E-state index is 7.40. The number of pyridine rings is 1. The summed E-state index contributed by atoms with van der Waals surface area (Å²) in [5.74, 6) is 0.442. The van der Waals surface area contributed by atoms with E-state index < -0.39 is 0 Å². The third-order valence-corrected chi connectivity index (χ3v) is 1.56. The Morgan fingerprint density at radius 3 is 2.64 bits per heavy atom. The van der Waals surface area contributed by atoms with E-state index in [1.54, 1.807) is 13.1 Å². The first-order valence-electron chi connectivity index (χ1n) is 3.39. The molecule has 3 nitrogen and oxygen atoms in total. The van der Waals surface area contributed by atoms with Crippen molar-refractivity contribution in [3.63, 3.8) is 0 Å². The molecule has 58 valence electrons. The van der Waals surface area contributed by atoms with Gasteiger partial charge in [-0.25, -0.2) is 4.98 Å². The number of aromatic nitrogens is 1. The molecule has 0 aliphatic heterocycles. The highest BCUT2D eigenvalue weighted by Gasteiger charge is 2.04. The Balaban J connectivity index is 3.32. The van der Waals surface area contributed by atoms with Gasteiger partial charge < -0.3 is 11.1 Å². The average molecular weight is 149 g/mol. The van der Waals surface area contributed by atoms with Crippen LogP contribution in [0, 0.1) is 12.3 Å². The molecule has 1 aromatic heterocycles. The van der Waals surface area contributed by atoms with E-state index in [0.717, 1.165) is 11.1 Å². The number of nitrogen functional groups attached to an aromatic ring is 1. The number of nitrogens with one attached hydrogen (secondary N) is 1. The van der Waals surface area contributed by atoms with Gasteiger partial charge in [-0.15, -0.1) is 0 Å². The fourth-order valence-electron chi connectivity index (χ4n) is 1.07. The van der Waals surface area contributed by atoms with Gasteiger partial charge in [0.2, 0.25) is 0 Å². The lowest BCUT2D eigenvalue weighted by molar-refractivity contribution is 1.26. The lowest BCUT2D eigenvalue weighted by Gasteiger charge is -2.04. The zero-order valence-corrected chi connectivity index (χ0v) is 6.68. The Morgan fingerprint density at radius 1 is 1.64 bits per heavy atom. The molecule has 0 fully saturated rings. The maximum absolute atomic E-state index is 7.40. The molecule has 0 saturated carbocycles. The van der Waals surface area contributed by atoms with E-state index in [-0.39, 0.29) is 0 Å². The molecule has 11 heavy (non-hydrogen) atoms. The summed E-state index contributed by atoms with van der Waals surface area (Å²) < 4.78 is 0. The molecule has 0 atom stereocenters. The molecule has 0 saturated heterocycles. The number of hydrogen-bond donors (Lipinski definition) is 2. The van der Waals surface area contributed by atoms with Crippen LogP contribution in [0.2, 0.25) is 0 Å². The minimum atomic E-state index is 0.442. The van der Waals surface area contributed by atoms with Gasteiger partial charge in [-0.05, 0) is 25.5 Å². The van der Waals surface area contributed by atoms with Gasteiger partial charge in [0.05, 0.1) is 0 Å². The van der Waals surface area contributed by atoms with Crippen LogP contribution in [0.3, 0.4) is 0 Å². The zero-order chi connectivity index (χ0) is 8.43. The van der Waals surface area contributed by atoms with E-state index in [1.165, 1.54) is 0 Å². The summed E-state index contributed by atoms with van der Waals surface area (Å²) in [4.78, 5) is 3.90. The number of nitrogens with zero attached hydrogens (tertiary/aromatic N) is 1. The Bertz CT molecular complexity index is 271. The van der Waals surface area contributed by atoms with Crippen molar-refractivity contribution in [2.45, 2.75) is 13.8 Å². The van der Waals surface area contributed by atoms with Gasteiger partial charge in [-0.2, -0.15) is 0 Å². The molecule has 0 radical (unpaired) electrons. The van der Waals surface area contributed by atoms with Gasteiger partial charge in [-0.3, -0.25) is 0 Å². The van der Waals surface area contributed by atoms with Crippen molar-refractivity contribution in [3.8, 4) is 0 Å². The summed E-state index contributed by atoms with van der Waals surface area (Å²) in [5, 5.41) is 7.40. The third kappa shape index (κ3) is 1.37. The van der Waals surface area contributed by atoms with Crippen molar-refractivity contribution < 1.29 is 0 Å². The van der Waals surface area contributed by atoms with Crippen molar-refractivity contribution in [2.75, 3.05) is 5.73 Å². The molecule has 0 spiro atoms. The van der Waals surface area contributed by atoms with Gasteiger partial charge in [0.15, 0.2) is 0 Å². The van der Waals surface area contributed by atoms with Crippen molar-refractivity contribution >= 4 is 11.5 Å². The normalized spacial score (nSPS) is 9.64. The van der Waals surface area contributed by atoms with Crippen LogP contribution in [0.1, 0.15) is 18.1 Å². The molecule has 0 bridgehead atoms. The smallest absolute Gasteiger partial charge is 0.132 e. The second-order valence-corrected chi connectivity index (χ2v) is 2.51. The number of rotatable bonds is 1. The van der Waals surface area contributed by atoms with Gasteiger partial charge in [0.25, 0.3) is 0 Å². The summed E-state index contributed by atoms with van der Waals surface area (Å²) >= 11 is 0. The molecule has 0 aromatic carbocycles. The number of aryl methyl sites for hydroxylation is 1. The molecule has 0 aliphatic carbocycles. The molecule has 1 aromatic rings. The van der Waals surface area contributed by atoms with Gasteiger partial charge in [-0.1, -0.05) is 0 Å². The van der Waals surface area contributed by atoms with E-state index in [2.05, 4.69) is 4.98 Å². The summed E-state index contributed by atoms with van der Waals surface area (Å²) in [5.41, 5.74) is 7.80. The number of nitrogens with two attached hydrogens (primary N) is 1. The van der Waals surface area contributed by atoms with Crippen LogP contribution in [0.15, 0.2) is 12.3 Å². The van der Waals surface area contributed by atoms with E-state index >= 15 is 0 Å². The van der Waals surface area contributed by atoms with Crippen LogP contribution in [0.25, 0.3) is 0 Å².